The van der Waals surface area contributed by atoms with Crippen LogP contribution in [0.15, 0.2) is 17.2 Å². The molecule has 5 nitrogen and oxygen atoms in total. The minimum Gasteiger partial charge on any atom is -0.381 e. The fourth-order valence-electron chi connectivity index (χ4n) is 4.78. The molecule has 1 spiro atoms. The van der Waals surface area contributed by atoms with Crippen LogP contribution in [0.25, 0.3) is 0 Å². The van der Waals surface area contributed by atoms with Gasteiger partial charge in [0.25, 0.3) is 0 Å². The van der Waals surface area contributed by atoms with Crippen LogP contribution in [-0.2, 0) is 4.74 Å². The summed E-state index contributed by atoms with van der Waals surface area (Å²) in [5.74, 6) is 1.55. The highest BCUT2D eigenvalue weighted by Gasteiger charge is 2.53. The Labute approximate surface area is 159 Å². The maximum Gasteiger partial charge on any atom is 0.152 e. The van der Waals surface area contributed by atoms with Crippen molar-refractivity contribution in [1.29, 1.82) is 0 Å². The topological polar surface area (TPSA) is 53.9 Å². The Balaban J connectivity index is 1.71. The molecular weight excluding hydrogens is 350 g/mol. The summed E-state index contributed by atoms with van der Waals surface area (Å²) in [5, 5.41) is 10.0. The molecule has 1 aliphatic carbocycles. The summed E-state index contributed by atoms with van der Waals surface area (Å²) in [4.78, 5) is 11.7. The van der Waals surface area contributed by atoms with Crippen molar-refractivity contribution < 1.29 is 9.53 Å². The lowest BCUT2D eigenvalue weighted by molar-refractivity contribution is -0.0893. The molecule has 1 atom stereocenters. The quantitative estimate of drug-likeness (QED) is 0.472. The summed E-state index contributed by atoms with van der Waals surface area (Å²) in [6, 6.07) is 3.96. The van der Waals surface area contributed by atoms with E-state index in [0.29, 0.717) is 33.8 Å². The molecule has 6 heteroatoms. The number of hydrogen-bond donors (Lipinski definition) is 1. The van der Waals surface area contributed by atoms with E-state index < -0.39 is 0 Å². The number of halogens is 1. The molecule has 2 heterocycles. The Bertz CT molecular complexity index is 718. The van der Waals surface area contributed by atoms with E-state index in [-0.39, 0.29) is 0 Å². The number of hydrogen-bond acceptors (Lipinski definition) is 5. The van der Waals surface area contributed by atoms with Crippen LogP contribution in [-0.4, -0.2) is 57.9 Å². The Morgan fingerprint density at radius 3 is 2.50 bits per heavy atom. The molecule has 0 bridgehead atoms. The van der Waals surface area contributed by atoms with Gasteiger partial charge in [-0.3, -0.25) is 4.79 Å². The van der Waals surface area contributed by atoms with Gasteiger partial charge in [0.05, 0.1) is 24.5 Å². The normalized spacial score (nSPS) is 23.3. The molecule has 0 aromatic heterocycles. The van der Waals surface area contributed by atoms with Crippen LogP contribution in [0.1, 0.15) is 40.2 Å². The number of carbonyl (C=O) groups excluding carboxylic acids is 1. The number of carbonyl (C=O) groups is 1. The summed E-state index contributed by atoms with van der Waals surface area (Å²) >= 11 is 6.31. The number of hydrazone groups is 1. The van der Waals surface area contributed by atoms with Crippen molar-refractivity contribution in [2.45, 2.75) is 18.8 Å². The third-order valence-electron chi connectivity index (χ3n) is 6.23. The minimum absolute atomic E-state index is 0.398. The molecule has 0 amide bonds. The second-order valence-corrected chi connectivity index (χ2v) is 8.68. The molecule has 1 N–H and O–H groups in total. The number of nitrogens with one attached hydrogen (secondary N) is 1. The molecule has 1 saturated carbocycles. The average molecular weight is 376 g/mol. The number of rotatable bonds is 6. The third kappa shape index (κ3) is 3.06. The Hall–Kier alpha value is -1.43. The molecule has 3 aliphatic rings. The van der Waals surface area contributed by atoms with Crippen molar-refractivity contribution in [3.8, 4) is 0 Å². The molecular formula is C20H26ClN3O2. The third-order valence-corrected chi connectivity index (χ3v) is 6.56. The second-order valence-electron chi connectivity index (χ2n) is 8.27. The Morgan fingerprint density at radius 2 is 2.00 bits per heavy atom. The Morgan fingerprint density at radius 1 is 1.27 bits per heavy atom. The minimum atomic E-state index is 0.398. The van der Waals surface area contributed by atoms with E-state index >= 15 is 0 Å². The molecule has 26 heavy (non-hydrogen) atoms. The smallest absolute Gasteiger partial charge is 0.152 e. The van der Waals surface area contributed by atoms with Crippen LogP contribution >= 0.6 is 11.6 Å². The molecule has 4 rings (SSSR count). The van der Waals surface area contributed by atoms with E-state index in [1.165, 1.54) is 18.4 Å². The van der Waals surface area contributed by atoms with E-state index in [1.54, 1.807) is 11.2 Å². The molecule has 3 fully saturated rings. The predicted octanol–water partition coefficient (Wildman–Crippen LogP) is 2.78. The average Bonchev–Trinajstić information content (AvgIpc) is 2.47. The van der Waals surface area contributed by atoms with Gasteiger partial charge in [-0.2, -0.15) is 5.10 Å². The van der Waals surface area contributed by atoms with E-state index in [0.717, 1.165) is 38.2 Å². The highest BCUT2D eigenvalue weighted by molar-refractivity contribution is 6.33. The van der Waals surface area contributed by atoms with E-state index in [1.807, 2.05) is 20.2 Å². The van der Waals surface area contributed by atoms with Crippen LogP contribution in [0.4, 0.5) is 0 Å². The zero-order valence-electron chi connectivity index (χ0n) is 15.4. The summed E-state index contributed by atoms with van der Waals surface area (Å²) in [6.07, 6.45) is 5.15. The first-order chi connectivity index (χ1) is 12.5. The lowest BCUT2D eigenvalue weighted by Crippen LogP contribution is -2.61. The van der Waals surface area contributed by atoms with Crippen molar-refractivity contribution in [3.63, 3.8) is 0 Å². The van der Waals surface area contributed by atoms with Crippen molar-refractivity contribution in [2.24, 2.45) is 22.4 Å². The van der Waals surface area contributed by atoms with Gasteiger partial charge in [-0.25, -0.2) is 0 Å². The molecule has 1 unspecified atom stereocenters. The van der Waals surface area contributed by atoms with E-state index in [9.17, 15) is 4.79 Å². The van der Waals surface area contributed by atoms with Gasteiger partial charge >= 0.3 is 0 Å². The summed E-state index contributed by atoms with van der Waals surface area (Å²) in [5.41, 5.74) is 3.12. The summed E-state index contributed by atoms with van der Waals surface area (Å²) in [7, 11) is 3.75. The fraction of sp³-hybridized carbons (Fsp3) is 0.600. The lowest BCUT2D eigenvalue weighted by atomic mass is 9.52. The van der Waals surface area contributed by atoms with Crippen LogP contribution in [0.2, 0.25) is 5.02 Å². The Kier molecular flexibility index (Phi) is 4.80. The molecule has 140 valence electrons. The van der Waals surface area contributed by atoms with Crippen LogP contribution in [0.5, 0.6) is 0 Å². The van der Waals surface area contributed by atoms with Crippen LogP contribution in [0.3, 0.4) is 0 Å². The van der Waals surface area contributed by atoms with E-state index in [2.05, 4.69) is 16.5 Å². The highest BCUT2D eigenvalue weighted by atomic mass is 35.5. The van der Waals surface area contributed by atoms with Crippen molar-refractivity contribution in [3.05, 3.63) is 33.8 Å². The van der Waals surface area contributed by atoms with Gasteiger partial charge < -0.3 is 15.1 Å². The first-order valence-electron chi connectivity index (χ1n) is 9.30. The van der Waals surface area contributed by atoms with Gasteiger partial charge in [0.15, 0.2) is 6.29 Å². The van der Waals surface area contributed by atoms with Crippen molar-refractivity contribution >= 4 is 24.1 Å². The SMILES string of the molecule is CN(C)/N=C\c1c(C(C2COC2)C2CC3(CNC3)C2)ccc(Cl)c1C=O. The largest absolute Gasteiger partial charge is 0.381 e. The predicted molar refractivity (Wildman–Crippen MR) is 103 cm³/mol. The molecule has 0 radical (unpaired) electrons. The van der Waals surface area contributed by atoms with Gasteiger partial charge in [-0.05, 0) is 41.7 Å². The maximum absolute atomic E-state index is 11.7. The maximum atomic E-state index is 11.7. The lowest BCUT2D eigenvalue weighted by Gasteiger charge is -2.58. The molecule has 2 aliphatic heterocycles. The zero-order valence-corrected chi connectivity index (χ0v) is 16.1. The first kappa shape index (κ1) is 18.0. The second kappa shape index (κ2) is 6.95. The number of aldehydes is 1. The van der Waals surface area contributed by atoms with Gasteiger partial charge in [-0.15, -0.1) is 0 Å². The summed E-state index contributed by atoms with van der Waals surface area (Å²) < 4.78 is 5.52. The van der Waals surface area contributed by atoms with E-state index in [4.69, 9.17) is 16.3 Å². The molecule has 1 aromatic carbocycles. The van der Waals surface area contributed by atoms with Crippen LogP contribution in [0, 0.1) is 17.3 Å². The summed E-state index contributed by atoms with van der Waals surface area (Å²) in [6.45, 7) is 3.89. The first-order valence-corrected chi connectivity index (χ1v) is 9.68. The monoisotopic (exact) mass is 375 g/mol. The van der Waals surface area contributed by atoms with Gasteiger partial charge in [-0.1, -0.05) is 17.7 Å². The highest BCUT2D eigenvalue weighted by Crippen LogP contribution is 2.56. The standard InChI is InChI=1S/C20H26ClN3O2/c1-24(2)23-7-16-15(3-4-18(21)17(16)8-25)19(14-9-26-10-14)13-5-20(6-13)11-22-12-20/h3-4,7-8,13-14,19,22H,5-6,9-12H2,1-2H3/b23-7-. The molecule has 1 aromatic rings. The number of nitrogens with zero attached hydrogens (tertiary/aromatic N) is 2. The zero-order chi connectivity index (χ0) is 18.3. The van der Waals surface area contributed by atoms with Crippen molar-refractivity contribution in [1.82, 2.24) is 10.3 Å². The van der Waals surface area contributed by atoms with Gasteiger partial charge in [0.2, 0.25) is 0 Å². The van der Waals surface area contributed by atoms with Crippen molar-refractivity contribution in [2.75, 3.05) is 40.4 Å². The van der Waals surface area contributed by atoms with Gasteiger partial charge in [0, 0.05) is 44.2 Å². The van der Waals surface area contributed by atoms with Gasteiger partial charge in [0.1, 0.15) is 0 Å². The molecule has 2 saturated heterocycles. The number of ether oxygens (including phenoxy) is 1. The van der Waals surface area contributed by atoms with Crippen LogP contribution < -0.4 is 5.32 Å². The fourth-order valence-corrected chi connectivity index (χ4v) is 4.99. The number of benzene rings is 1.